The summed E-state index contributed by atoms with van der Waals surface area (Å²) in [5.74, 6) is 0.474. The van der Waals surface area contributed by atoms with Gasteiger partial charge in [0.2, 0.25) is 5.91 Å². The number of carbonyl (C=O) groups is 1. The van der Waals surface area contributed by atoms with Crippen LogP contribution >= 0.6 is 24.2 Å². The quantitative estimate of drug-likeness (QED) is 0.541. The number of halogens is 4. The number of anilines is 1. The van der Waals surface area contributed by atoms with Crippen LogP contribution < -0.4 is 4.90 Å². The van der Waals surface area contributed by atoms with Gasteiger partial charge in [0.15, 0.2) is 5.17 Å². The lowest BCUT2D eigenvalue weighted by molar-refractivity contribution is -0.137. The zero-order valence-electron chi connectivity index (χ0n) is 17.3. The molecule has 0 spiro atoms. The Labute approximate surface area is 186 Å². The lowest BCUT2D eigenvalue weighted by Gasteiger charge is -2.35. The van der Waals surface area contributed by atoms with E-state index in [2.05, 4.69) is 11.8 Å². The molecule has 1 saturated carbocycles. The van der Waals surface area contributed by atoms with Crippen LogP contribution in [0.3, 0.4) is 0 Å². The number of alkyl halides is 3. The van der Waals surface area contributed by atoms with Crippen LogP contribution in [0.1, 0.15) is 57.9 Å². The van der Waals surface area contributed by atoms with Crippen molar-refractivity contribution < 1.29 is 18.0 Å². The van der Waals surface area contributed by atoms with Crippen LogP contribution in [0.5, 0.6) is 0 Å². The molecule has 2 aliphatic rings. The molecule has 3 rings (SSSR count). The highest BCUT2D eigenvalue weighted by Gasteiger charge is 2.37. The number of amides is 1. The van der Waals surface area contributed by atoms with Crippen LogP contribution in [0, 0.1) is 0 Å². The van der Waals surface area contributed by atoms with Crippen LogP contribution in [0.2, 0.25) is 0 Å². The van der Waals surface area contributed by atoms with Crippen LogP contribution in [-0.4, -0.2) is 40.5 Å². The summed E-state index contributed by atoms with van der Waals surface area (Å²) in [6.45, 7) is 4.30. The third-order valence-electron chi connectivity index (χ3n) is 5.41. The SMILES string of the molecule is CCCN1C(=NC2CCCCC2)SCC1N(C(C)=O)c1ccc(C(F)(F)F)cc1.Cl. The molecule has 0 radical (unpaired) electrons. The van der Waals surface area contributed by atoms with E-state index in [9.17, 15) is 18.0 Å². The van der Waals surface area contributed by atoms with E-state index in [1.807, 2.05) is 0 Å². The molecule has 1 amide bonds. The summed E-state index contributed by atoms with van der Waals surface area (Å²) in [5, 5.41) is 0.960. The molecule has 1 aromatic carbocycles. The summed E-state index contributed by atoms with van der Waals surface area (Å²) >= 11 is 1.64. The van der Waals surface area contributed by atoms with Crippen molar-refractivity contribution in [3.8, 4) is 0 Å². The van der Waals surface area contributed by atoms with E-state index in [1.165, 1.54) is 38.3 Å². The number of carbonyl (C=O) groups excluding carboxylic acids is 1. The van der Waals surface area contributed by atoms with E-state index in [-0.39, 0.29) is 24.5 Å². The average molecular weight is 464 g/mol. The maximum absolute atomic E-state index is 12.9. The summed E-state index contributed by atoms with van der Waals surface area (Å²) in [6, 6.07) is 5.18. The molecular weight excluding hydrogens is 435 g/mol. The van der Waals surface area contributed by atoms with Crippen molar-refractivity contribution in [2.75, 3.05) is 17.2 Å². The highest BCUT2D eigenvalue weighted by Crippen LogP contribution is 2.34. The molecule has 4 nitrogen and oxygen atoms in total. The minimum atomic E-state index is -4.39. The smallest absolute Gasteiger partial charge is 0.330 e. The molecule has 0 N–H and O–H groups in total. The largest absolute Gasteiger partial charge is 0.416 e. The Hall–Kier alpha value is -1.41. The number of amidine groups is 1. The molecule has 1 aromatic rings. The van der Waals surface area contributed by atoms with Crippen LogP contribution in [-0.2, 0) is 11.0 Å². The Morgan fingerprint density at radius 3 is 2.37 bits per heavy atom. The monoisotopic (exact) mass is 463 g/mol. The Morgan fingerprint density at radius 2 is 1.83 bits per heavy atom. The summed E-state index contributed by atoms with van der Waals surface area (Å²) in [5.41, 5.74) is -0.230. The molecular formula is C21H29ClF3N3OS. The number of rotatable bonds is 5. The fraction of sp³-hybridized carbons (Fsp3) is 0.619. The summed E-state index contributed by atoms with van der Waals surface area (Å²) in [6.07, 6.45) is 2.14. The van der Waals surface area contributed by atoms with E-state index < -0.39 is 11.7 Å². The molecule has 1 heterocycles. The first-order valence-corrected chi connectivity index (χ1v) is 11.2. The van der Waals surface area contributed by atoms with Gasteiger partial charge in [0, 0.05) is 24.9 Å². The Morgan fingerprint density at radius 1 is 1.20 bits per heavy atom. The first-order valence-electron chi connectivity index (χ1n) is 10.3. The molecule has 1 unspecified atom stereocenters. The summed E-state index contributed by atoms with van der Waals surface area (Å²) in [4.78, 5) is 21.2. The van der Waals surface area contributed by atoms with Crippen LogP contribution in [0.15, 0.2) is 29.3 Å². The zero-order chi connectivity index (χ0) is 21.0. The lowest BCUT2D eigenvalue weighted by Crippen LogP contribution is -2.50. The number of hydrogen-bond donors (Lipinski definition) is 0. The predicted octanol–water partition coefficient (Wildman–Crippen LogP) is 5.95. The number of nitrogens with zero attached hydrogens (tertiary/aromatic N) is 3. The maximum atomic E-state index is 12.9. The minimum absolute atomic E-state index is 0. The number of aliphatic imine (C=N–C) groups is 1. The van der Waals surface area contributed by atoms with Crippen molar-refractivity contribution in [1.82, 2.24) is 4.90 Å². The van der Waals surface area contributed by atoms with Gasteiger partial charge in [-0.05, 0) is 43.5 Å². The molecule has 1 aliphatic carbocycles. The molecule has 1 atom stereocenters. The Balaban J connectivity index is 0.00000320. The highest BCUT2D eigenvalue weighted by molar-refractivity contribution is 8.14. The number of benzene rings is 1. The fourth-order valence-electron chi connectivity index (χ4n) is 4.00. The van der Waals surface area contributed by atoms with E-state index in [0.29, 0.717) is 17.5 Å². The zero-order valence-corrected chi connectivity index (χ0v) is 19.0. The molecule has 168 valence electrons. The molecule has 1 aliphatic heterocycles. The second kappa shape index (κ2) is 10.8. The van der Waals surface area contributed by atoms with Crippen molar-refractivity contribution >= 4 is 40.9 Å². The lowest BCUT2D eigenvalue weighted by atomic mass is 9.96. The van der Waals surface area contributed by atoms with Crippen molar-refractivity contribution in [1.29, 1.82) is 0 Å². The second-order valence-corrected chi connectivity index (χ2v) is 8.61. The molecule has 0 aromatic heterocycles. The predicted molar refractivity (Wildman–Crippen MR) is 119 cm³/mol. The first-order chi connectivity index (χ1) is 13.8. The summed E-state index contributed by atoms with van der Waals surface area (Å²) < 4.78 is 38.7. The van der Waals surface area contributed by atoms with Gasteiger partial charge in [-0.2, -0.15) is 13.2 Å². The average Bonchev–Trinajstić information content (AvgIpc) is 3.05. The van der Waals surface area contributed by atoms with Crippen molar-refractivity contribution in [3.63, 3.8) is 0 Å². The standard InChI is InChI=1S/C21H28F3N3OS.ClH/c1-3-13-26-19(14-29-20(26)25-17-7-5-4-6-8-17)27(15(2)28)18-11-9-16(10-12-18)21(22,23)24;/h9-12,17,19H,3-8,13-14H2,1-2H3;1H. The molecule has 30 heavy (non-hydrogen) atoms. The van der Waals surface area contributed by atoms with Gasteiger partial charge in [-0.3, -0.25) is 14.7 Å². The van der Waals surface area contributed by atoms with Gasteiger partial charge < -0.3 is 4.90 Å². The highest BCUT2D eigenvalue weighted by atomic mass is 35.5. The normalized spacial score (nSPS) is 21.6. The number of thioether (sulfide) groups is 1. The van der Waals surface area contributed by atoms with Crippen molar-refractivity contribution in [2.45, 2.75) is 70.8 Å². The van der Waals surface area contributed by atoms with Crippen molar-refractivity contribution in [2.24, 2.45) is 4.99 Å². The summed E-state index contributed by atoms with van der Waals surface area (Å²) in [7, 11) is 0. The van der Waals surface area contributed by atoms with Gasteiger partial charge in [0.05, 0.1) is 11.6 Å². The van der Waals surface area contributed by atoms with Gasteiger partial charge in [-0.25, -0.2) is 0 Å². The topological polar surface area (TPSA) is 35.9 Å². The third kappa shape index (κ3) is 5.84. The third-order valence-corrected chi connectivity index (χ3v) is 6.47. The first kappa shape index (κ1) is 24.9. The van der Waals surface area contributed by atoms with Gasteiger partial charge >= 0.3 is 6.18 Å². The Bertz CT molecular complexity index is 736. The van der Waals surface area contributed by atoms with E-state index in [0.717, 1.165) is 43.1 Å². The molecule has 9 heteroatoms. The van der Waals surface area contributed by atoms with Crippen LogP contribution in [0.4, 0.5) is 18.9 Å². The molecule has 0 bridgehead atoms. The van der Waals surface area contributed by atoms with Crippen molar-refractivity contribution in [3.05, 3.63) is 29.8 Å². The van der Waals surface area contributed by atoms with E-state index in [1.54, 1.807) is 16.7 Å². The van der Waals surface area contributed by atoms with Gasteiger partial charge in [0.25, 0.3) is 0 Å². The van der Waals surface area contributed by atoms with E-state index >= 15 is 0 Å². The minimum Gasteiger partial charge on any atom is -0.330 e. The molecule has 2 fully saturated rings. The van der Waals surface area contributed by atoms with Gasteiger partial charge in [-0.1, -0.05) is 37.9 Å². The molecule has 1 saturated heterocycles. The Kier molecular flexibility index (Phi) is 8.91. The number of hydrogen-bond acceptors (Lipinski definition) is 3. The second-order valence-electron chi connectivity index (χ2n) is 7.62. The van der Waals surface area contributed by atoms with E-state index in [4.69, 9.17) is 4.99 Å². The maximum Gasteiger partial charge on any atom is 0.416 e. The van der Waals surface area contributed by atoms with Gasteiger partial charge in [0.1, 0.15) is 6.17 Å². The van der Waals surface area contributed by atoms with Gasteiger partial charge in [-0.15, -0.1) is 12.4 Å². The van der Waals surface area contributed by atoms with Crippen LogP contribution in [0.25, 0.3) is 0 Å². The fourth-order valence-corrected chi connectivity index (χ4v) is 5.23.